The van der Waals surface area contributed by atoms with Crippen LogP contribution in [0.1, 0.15) is 69.2 Å². The van der Waals surface area contributed by atoms with Gasteiger partial charge in [-0.2, -0.15) is 0 Å². The molecule has 0 aromatic heterocycles. The van der Waals surface area contributed by atoms with Gasteiger partial charge in [-0.3, -0.25) is 4.90 Å². The first kappa shape index (κ1) is 24.1. The maximum atomic E-state index is 6.41. The van der Waals surface area contributed by atoms with E-state index in [9.17, 15) is 0 Å². The zero-order chi connectivity index (χ0) is 22.9. The lowest BCUT2D eigenvalue weighted by Gasteiger charge is -2.32. The Hall–Kier alpha value is -2.58. The minimum absolute atomic E-state index is 0.300. The van der Waals surface area contributed by atoms with Crippen molar-refractivity contribution in [2.75, 3.05) is 6.54 Å². The van der Waals surface area contributed by atoms with E-state index in [4.69, 9.17) is 4.74 Å². The average molecular weight is 430 g/mol. The highest BCUT2D eigenvalue weighted by Crippen LogP contribution is 2.36. The molecule has 32 heavy (non-hydrogen) atoms. The standard InChI is InChI=1S/C30H39NO/c1-6-25-17-18-30(32-22-26-13-9-7-10-14-26)29(21-25)28(27-15-11-8-12-16-27)19-20-31(23(2)3)24(4)5/h7-18,21,23-24,28H,6,19-20,22H2,1-5H3/t28-/m0/s1. The van der Waals surface area contributed by atoms with Crippen molar-refractivity contribution in [2.24, 2.45) is 0 Å². The third-order valence-electron chi connectivity index (χ3n) is 6.30. The maximum absolute atomic E-state index is 6.41. The summed E-state index contributed by atoms with van der Waals surface area (Å²) in [5.74, 6) is 1.30. The second-order valence-corrected chi connectivity index (χ2v) is 9.18. The highest BCUT2D eigenvalue weighted by atomic mass is 16.5. The molecular weight excluding hydrogens is 390 g/mol. The summed E-state index contributed by atoms with van der Waals surface area (Å²) in [6.45, 7) is 13.1. The fourth-order valence-electron chi connectivity index (χ4n) is 4.53. The molecule has 3 aromatic carbocycles. The van der Waals surface area contributed by atoms with Gasteiger partial charge in [0.2, 0.25) is 0 Å². The van der Waals surface area contributed by atoms with E-state index in [1.165, 1.54) is 22.3 Å². The van der Waals surface area contributed by atoms with Crippen molar-refractivity contribution in [1.29, 1.82) is 0 Å². The minimum atomic E-state index is 0.300. The Bertz CT molecular complexity index is 926. The fraction of sp³-hybridized carbons (Fsp3) is 0.400. The first-order valence-electron chi connectivity index (χ1n) is 12.1. The van der Waals surface area contributed by atoms with Crippen LogP contribution in [0.5, 0.6) is 5.75 Å². The van der Waals surface area contributed by atoms with E-state index in [1.54, 1.807) is 0 Å². The largest absolute Gasteiger partial charge is 0.489 e. The molecular formula is C30H39NO. The lowest BCUT2D eigenvalue weighted by Crippen LogP contribution is -2.38. The average Bonchev–Trinajstić information content (AvgIpc) is 2.81. The predicted octanol–water partition coefficient (Wildman–Crippen LogP) is 7.47. The van der Waals surface area contributed by atoms with Crippen LogP contribution in [0.3, 0.4) is 0 Å². The molecule has 0 bridgehead atoms. The number of rotatable bonds is 11. The van der Waals surface area contributed by atoms with Crippen molar-refractivity contribution in [3.8, 4) is 5.75 Å². The molecule has 0 saturated heterocycles. The van der Waals surface area contributed by atoms with Gasteiger partial charge in [0.15, 0.2) is 0 Å². The minimum Gasteiger partial charge on any atom is -0.489 e. The third kappa shape index (κ3) is 6.46. The van der Waals surface area contributed by atoms with Crippen molar-refractivity contribution in [2.45, 2.75) is 72.1 Å². The monoisotopic (exact) mass is 429 g/mol. The Morgan fingerprint density at radius 3 is 1.97 bits per heavy atom. The molecule has 0 aliphatic rings. The second kappa shape index (κ2) is 11.9. The van der Waals surface area contributed by atoms with E-state index in [1.807, 2.05) is 6.07 Å². The summed E-state index contributed by atoms with van der Waals surface area (Å²) in [5.41, 5.74) is 5.22. The predicted molar refractivity (Wildman–Crippen MR) is 136 cm³/mol. The van der Waals surface area contributed by atoms with Gasteiger partial charge in [0, 0.05) is 23.6 Å². The number of ether oxygens (including phenoxy) is 1. The van der Waals surface area contributed by atoms with E-state index in [0.29, 0.717) is 24.6 Å². The lowest BCUT2D eigenvalue weighted by molar-refractivity contribution is 0.170. The molecule has 170 valence electrons. The van der Waals surface area contributed by atoms with E-state index in [2.05, 4.69) is 112 Å². The molecule has 0 aliphatic heterocycles. The van der Waals surface area contributed by atoms with Crippen molar-refractivity contribution < 1.29 is 4.74 Å². The number of benzene rings is 3. The van der Waals surface area contributed by atoms with Gasteiger partial charge in [0.05, 0.1) is 0 Å². The Morgan fingerprint density at radius 2 is 1.38 bits per heavy atom. The SMILES string of the molecule is CCc1ccc(OCc2ccccc2)c([C@@H](CCN(C(C)C)C(C)C)c2ccccc2)c1. The quantitative estimate of drug-likeness (QED) is 0.313. The Balaban J connectivity index is 1.94. The smallest absolute Gasteiger partial charge is 0.123 e. The molecule has 1 atom stereocenters. The van der Waals surface area contributed by atoms with Crippen LogP contribution in [0.4, 0.5) is 0 Å². The lowest BCUT2D eigenvalue weighted by atomic mass is 9.86. The van der Waals surface area contributed by atoms with E-state index >= 15 is 0 Å². The number of hydrogen-bond donors (Lipinski definition) is 0. The number of hydrogen-bond acceptors (Lipinski definition) is 2. The molecule has 0 aliphatic carbocycles. The van der Waals surface area contributed by atoms with Gasteiger partial charge in [-0.15, -0.1) is 0 Å². The fourth-order valence-corrected chi connectivity index (χ4v) is 4.53. The highest BCUT2D eigenvalue weighted by molar-refractivity contribution is 5.45. The van der Waals surface area contributed by atoms with Crippen LogP contribution in [0.25, 0.3) is 0 Å². The van der Waals surface area contributed by atoms with Crippen molar-refractivity contribution in [1.82, 2.24) is 4.90 Å². The first-order valence-corrected chi connectivity index (χ1v) is 12.1. The van der Waals surface area contributed by atoms with E-state index < -0.39 is 0 Å². The van der Waals surface area contributed by atoms with Crippen LogP contribution in [-0.2, 0) is 13.0 Å². The van der Waals surface area contributed by atoms with Crippen molar-refractivity contribution >= 4 is 0 Å². The van der Waals surface area contributed by atoms with Gasteiger partial charge in [-0.1, -0.05) is 79.7 Å². The Kier molecular flexibility index (Phi) is 8.93. The summed E-state index contributed by atoms with van der Waals surface area (Å²) in [7, 11) is 0. The summed E-state index contributed by atoms with van der Waals surface area (Å²) in [6.07, 6.45) is 2.09. The molecule has 0 spiro atoms. The van der Waals surface area contributed by atoms with Crippen molar-refractivity contribution in [3.05, 3.63) is 101 Å². The Morgan fingerprint density at radius 1 is 0.750 bits per heavy atom. The summed E-state index contributed by atoms with van der Waals surface area (Å²) in [4.78, 5) is 2.59. The van der Waals surface area contributed by atoms with Crippen LogP contribution in [-0.4, -0.2) is 23.5 Å². The van der Waals surface area contributed by atoms with Crippen LogP contribution in [0, 0.1) is 0 Å². The highest BCUT2D eigenvalue weighted by Gasteiger charge is 2.22. The molecule has 0 saturated carbocycles. The topological polar surface area (TPSA) is 12.5 Å². The van der Waals surface area contributed by atoms with Crippen LogP contribution >= 0.6 is 0 Å². The molecule has 0 radical (unpaired) electrons. The zero-order valence-corrected chi connectivity index (χ0v) is 20.4. The first-order chi connectivity index (χ1) is 15.5. The van der Waals surface area contributed by atoms with Gasteiger partial charge < -0.3 is 4.74 Å². The third-order valence-corrected chi connectivity index (χ3v) is 6.30. The van der Waals surface area contributed by atoms with Crippen LogP contribution in [0.2, 0.25) is 0 Å². The maximum Gasteiger partial charge on any atom is 0.123 e. The summed E-state index contributed by atoms with van der Waals surface area (Å²) < 4.78 is 6.41. The van der Waals surface area contributed by atoms with Gasteiger partial charge >= 0.3 is 0 Å². The van der Waals surface area contributed by atoms with Gasteiger partial charge in [-0.05, 0) is 69.8 Å². The molecule has 0 heterocycles. The molecule has 0 N–H and O–H groups in total. The van der Waals surface area contributed by atoms with E-state index in [0.717, 1.165) is 25.1 Å². The van der Waals surface area contributed by atoms with Crippen molar-refractivity contribution in [3.63, 3.8) is 0 Å². The molecule has 3 rings (SSSR count). The summed E-state index contributed by atoms with van der Waals surface area (Å²) in [6, 6.07) is 29.2. The van der Waals surface area contributed by atoms with Crippen LogP contribution in [0.15, 0.2) is 78.9 Å². The second-order valence-electron chi connectivity index (χ2n) is 9.18. The van der Waals surface area contributed by atoms with Gasteiger partial charge in [0.1, 0.15) is 12.4 Å². The molecule has 0 fully saturated rings. The van der Waals surface area contributed by atoms with Gasteiger partial charge in [0.25, 0.3) is 0 Å². The molecule has 2 nitrogen and oxygen atoms in total. The summed E-state index contributed by atoms with van der Waals surface area (Å²) in [5, 5.41) is 0. The zero-order valence-electron chi connectivity index (χ0n) is 20.4. The number of nitrogens with zero attached hydrogens (tertiary/aromatic N) is 1. The molecule has 0 unspecified atom stereocenters. The normalized spacial score (nSPS) is 12.5. The number of aryl methyl sites for hydroxylation is 1. The molecule has 2 heteroatoms. The van der Waals surface area contributed by atoms with Crippen LogP contribution < -0.4 is 4.74 Å². The molecule has 0 amide bonds. The van der Waals surface area contributed by atoms with Gasteiger partial charge in [-0.25, -0.2) is 0 Å². The van der Waals surface area contributed by atoms with E-state index in [-0.39, 0.29) is 0 Å². The Labute approximate surface area is 195 Å². The summed E-state index contributed by atoms with van der Waals surface area (Å²) >= 11 is 0. The molecule has 3 aromatic rings.